The van der Waals surface area contributed by atoms with E-state index in [9.17, 15) is 4.79 Å². The first-order valence-electron chi connectivity index (χ1n) is 6.75. The second kappa shape index (κ2) is 6.01. The van der Waals surface area contributed by atoms with Crippen LogP contribution in [-0.2, 0) is 0 Å². The summed E-state index contributed by atoms with van der Waals surface area (Å²) < 4.78 is 5.51. The van der Waals surface area contributed by atoms with E-state index in [1.165, 1.54) is 12.8 Å². The topological polar surface area (TPSA) is 29.5 Å². The molecule has 1 aliphatic rings. The summed E-state index contributed by atoms with van der Waals surface area (Å²) in [6, 6.07) is 8.14. The zero-order valence-corrected chi connectivity index (χ0v) is 11.2. The largest absolute Gasteiger partial charge is 0.493 e. The fourth-order valence-electron chi connectivity index (χ4n) is 2.19. The van der Waals surface area contributed by atoms with E-state index >= 15 is 0 Å². The number of ether oxygens (including phenoxy) is 1. The van der Waals surface area contributed by atoms with Gasteiger partial charge in [0.25, 0.3) is 0 Å². The summed E-state index contributed by atoms with van der Waals surface area (Å²) in [5.74, 6) is 0.865. The van der Waals surface area contributed by atoms with Gasteiger partial charge in [0.2, 0.25) is 0 Å². The van der Waals surface area contributed by atoms with E-state index in [1.54, 1.807) is 0 Å². The minimum absolute atomic E-state index is 0.160. The molecule has 0 bridgehead atoms. The predicted octanol–water partition coefficient (Wildman–Crippen LogP) is 2.75. The van der Waals surface area contributed by atoms with Crippen LogP contribution in [0.5, 0.6) is 5.75 Å². The lowest BCUT2D eigenvalue weighted by Crippen LogP contribution is -2.31. The minimum atomic E-state index is 0.160. The number of nitrogens with zero attached hydrogens (tertiary/aromatic N) is 1. The van der Waals surface area contributed by atoms with Gasteiger partial charge in [0, 0.05) is 6.04 Å². The molecule has 1 aliphatic carbocycles. The monoisotopic (exact) mass is 247 g/mol. The normalized spacial score (nSPS) is 14.8. The van der Waals surface area contributed by atoms with Crippen molar-refractivity contribution in [1.82, 2.24) is 4.90 Å². The Hall–Kier alpha value is -1.35. The van der Waals surface area contributed by atoms with Gasteiger partial charge in [-0.25, -0.2) is 0 Å². The maximum Gasteiger partial charge on any atom is 0.180 e. The van der Waals surface area contributed by atoms with Crippen LogP contribution in [0.1, 0.15) is 37.0 Å². The molecule has 0 amide bonds. The van der Waals surface area contributed by atoms with Crippen LogP contribution in [0.25, 0.3) is 0 Å². The number of hydrogen-bond donors (Lipinski definition) is 0. The number of benzene rings is 1. The number of rotatable bonds is 7. The molecule has 0 unspecified atom stereocenters. The van der Waals surface area contributed by atoms with Gasteiger partial charge in [0.05, 0.1) is 18.7 Å². The molecule has 1 aromatic carbocycles. The molecule has 0 heterocycles. The molecule has 1 fully saturated rings. The molecule has 0 saturated heterocycles. The van der Waals surface area contributed by atoms with Crippen LogP contribution in [0.2, 0.25) is 0 Å². The summed E-state index contributed by atoms with van der Waals surface area (Å²) in [7, 11) is 0. The van der Waals surface area contributed by atoms with Crippen LogP contribution in [0.15, 0.2) is 24.3 Å². The molecule has 0 aromatic heterocycles. The highest BCUT2D eigenvalue weighted by atomic mass is 16.5. The summed E-state index contributed by atoms with van der Waals surface area (Å²) in [6.45, 7) is 6.08. The maximum absolute atomic E-state index is 12.3. The van der Waals surface area contributed by atoms with Crippen LogP contribution >= 0.6 is 0 Å². The van der Waals surface area contributed by atoms with E-state index in [-0.39, 0.29) is 5.78 Å². The lowest BCUT2D eigenvalue weighted by Gasteiger charge is -2.19. The summed E-state index contributed by atoms with van der Waals surface area (Å²) in [5, 5.41) is 0. The number of Topliss-reactive ketones (excluding diaryl/α,β-unsaturated/α-hetero) is 1. The van der Waals surface area contributed by atoms with Crippen molar-refractivity contribution in [3.63, 3.8) is 0 Å². The Morgan fingerprint density at radius 3 is 2.67 bits per heavy atom. The Labute approximate surface area is 109 Å². The molecule has 2 rings (SSSR count). The highest BCUT2D eigenvalue weighted by Gasteiger charge is 2.29. The van der Waals surface area contributed by atoms with Crippen molar-refractivity contribution in [3.05, 3.63) is 29.8 Å². The average Bonchev–Trinajstić information content (AvgIpc) is 3.21. The van der Waals surface area contributed by atoms with E-state index < -0.39 is 0 Å². The number of likely N-dealkylation sites (N-methyl/N-ethyl adjacent to an activating group) is 1. The molecule has 0 atom stereocenters. The fourth-order valence-corrected chi connectivity index (χ4v) is 2.19. The predicted molar refractivity (Wildman–Crippen MR) is 72.2 cm³/mol. The Morgan fingerprint density at radius 1 is 1.33 bits per heavy atom. The van der Waals surface area contributed by atoms with Crippen molar-refractivity contribution in [2.24, 2.45) is 0 Å². The van der Waals surface area contributed by atoms with E-state index in [0.717, 1.165) is 6.54 Å². The summed E-state index contributed by atoms with van der Waals surface area (Å²) >= 11 is 0. The van der Waals surface area contributed by atoms with Crippen molar-refractivity contribution in [3.8, 4) is 5.75 Å². The fraction of sp³-hybridized carbons (Fsp3) is 0.533. The van der Waals surface area contributed by atoms with Gasteiger partial charge in [-0.05, 0) is 38.4 Å². The molecule has 3 heteroatoms. The summed E-state index contributed by atoms with van der Waals surface area (Å²) in [6.07, 6.45) is 2.46. The van der Waals surface area contributed by atoms with Gasteiger partial charge in [0.15, 0.2) is 5.78 Å². The number of para-hydroxylation sites is 1. The molecule has 0 spiro atoms. The maximum atomic E-state index is 12.3. The summed E-state index contributed by atoms with van der Waals surface area (Å²) in [5.41, 5.74) is 0.707. The first-order chi connectivity index (χ1) is 8.76. The van der Waals surface area contributed by atoms with Crippen LogP contribution in [0.4, 0.5) is 0 Å². The SMILES string of the molecule is CCOc1ccccc1C(=O)CN(CC)C1CC1. The molecule has 98 valence electrons. The van der Waals surface area contributed by atoms with Crippen molar-refractivity contribution in [1.29, 1.82) is 0 Å². The van der Waals surface area contributed by atoms with Gasteiger partial charge < -0.3 is 4.74 Å². The smallest absolute Gasteiger partial charge is 0.180 e. The van der Waals surface area contributed by atoms with Gasteiger partial charge in [0.1, 0.15) is 5.75 Å². The van der Waals surface area contributed by atoms with Crippen molar-refractivity contribution in [2.45, 2.75) is 32.7 Å². The molecule has 0 N–H and O–H groups in total. The molecule has 18 heavy (non-hydrogen) atoms. The summed E-state index contributed by atoms with van der Waals surface area (Å²) in [4.78, 5) is 14.6. The highest BCUT2D eigenvalue weighted by Crippen LogP contribution is 2.27. The molecule has 1 saturated carbocycles. The zero-order chi connectivity index (χ0) is 13.0. The number of carbonyl (C=O) groups is 1. The van der Waals surface area contributed by atoms with Gasteiger partial charge in [-0.1, -0.05) is 19.1 Å². The van der Waals surface area contributed by atoms with Crippen molar-refractivity contribution < 1.29 is 9.53 Å². The van der Waals surface area contributed by atoms with E-state index in [4.69, 9.17) is 4.74 Å². The quantitative estimate of drug-likeness (QED) is 0.694. The third kappa shape index (κ3) is 3.10. The van der Waals surface area contributed by atoms with Crippen LogP contribution in [0.3, 0.4) is 0 Å². The molecular weight excluding hydrogens is 226 g/mol. The third-order valence-corrected chi connectivity index (χ3v) is 3.30. The van der Waals surface area contributed by atoms with E-state index in [2.05, 4.69) is 11.8 Å². The Bertz CT molecular complexity index is 413. The number of carbonyl (C=O) groups excluding carboxylic acids is 1. The second-order valence-corrected chi connectivity index (χ2v) is 4.65. The Morgan fingerprint density at radius 2 is 2.06 bits per heavy atom. The van der Waals surface area contributed by atoms with Crippen LogP contribution in [0, 0.1) is 0 Å². The van der Waals surface area contributed by atoms with Crippen molar-refractivity contribution in [2.75, 3.05) is 19.7 Å². The van der Waals surface area contributed by atoms with E-state index in [0.29, 0.717) is 30.5 Å². The van der Waals surface area contributed by atoms with Crippen molar-refractivity contribution >= 4 is 5.78 Å². The van der Waals surface area contributed by atoms with Gasteiger partial charge in [-0.3, -0.25) is 9.69 Å². The number of hydrogen-bond acceptors (Lipinski definition) is 3. The van der Waals surface area contributed by atoms with E-state index in [1.807, 2.05) is 31.2 Å². The Balaban J connectivity index is 2.07. The van der Waals surface area contributed by atoms with Gasteiger partial charge >= 0.3 is 0 Å². The molecule has 3 nitrogen and oxygen atoms in total. The lowest BCUT2D eigenvalue weighted by molar-refractivity contribution is 0.0925. The average molecular weight is 247 g/mol. The third-order valence-electron chi connectivity index (χ3n) is 3.30. The lowest BCUT2D eigenvalue weighted by atomic mass is 10.1. The number of ketones is 1. The van der Waals surface area contributed by atoms with Crippen LogP contribution < -0.4 is 4.74 Å². The highest BCUT2D eigenvalue weighted by molar-refractivity contribution is 6.00. The standard InChI is InChI=1S/C15H21NO2/c1-3-16(12-9-10-12)11-14(17)13-7-5-6-8-15(13)18-4-2/h5-8,12H,3-4,9-11H2,1-2H3. The molecule has 1 aromatic rings. The second-order valence-electron chi connectivity index (χ2n) is 4.65. The van der Waals surface area contributed by atoms with Crippen LogP contribution in [-0.4, -0.2) is 36.4 Å². The molecule has 0 radical (unpaired) electrons. The first-order valence-corrected chi connectivity index (χ1v) is 6.75. The Kier molecular flexibility index (Phi) is 4.37. The zero-order valence-electron chi connectivity index (χ0n) is 11.2. The molecular formula is C15H21NO2. The first kappa shape index (κ1) is 13.1. The minimum Gasteiger partial charge on any atom is -0.493 e. The molecule has 0 aliphatic heterocycles. The van der Waals surface area contributed by atoms with Gasteiger partial charge in [-0.15, -0.1) is 0 Å². The van der Waals surface area contributed by atoms with Gasteiger partial charge in [-0.2, -0.15) is 0 Å².